The quantitative estimate of drug-likeness (QED) is 0.825. The Hall–Kier alpha value is -1.36. The number of nitrogens with zero attached hydrogens (tertiary/aromatic N) is 2. The highest BCUT2D eigenvalue weighted by atomic mass is 35.5. The van der Waals surface area contributed by atoms with Crippen molar-refractivity contribution in [2.75, 3.05) is 6.54 Å². The average Bonchev–Trinajstić information content (AvgIpc) is 2.96. The summed E-state index contributed by atoms with van der Waals surface area (Å²) in [4.78, 5) is 0. The van der Waals surface area contributed by atoms with Gasteiger partial charge in [0.2, 0.25) is 0 Å². The van der Waals surface area contributed by atoms with Crippen LogP contribution in [0, 0.1) is 0 Å². The van der Waals surface area contributed by atoms with Crippen LogP contribution in [0.25, 0.3) is 0 Å². The van der Waals surface area contributed by atoms with E-state index in [4.69, 9.17) is 11.6 Å². The second-order valence-electron chi connectivity index (χ2n) is 4.90. The van der Waals surface area contributed by atoms with Crippen LogP contribution >= 0.6 is 11.6 Å². The van der Waals surface area contributed by atoms with Gasteiger partial charge in [-0.1, -0.05) is 29.8 Å². The van der Waals surface area contributed by atoms with Gasteiger partial charge in [-0.3, -0.25) is 4.68 Å². The highest BCUT2D eigenvalue weighted by molar-refractivity contribution is 6.31. The summed E-state index contributed by atoms with van der Waals surface area (Å²) < 4.78 is 1.91. The molecule has 0 aliphatic carbocycles. The number of hydrogen-bond donors (Lipinski definition) is 2. The van der Waals surface area contributed by atoms with Gasteiger partial charge < -0.3 is 10.4 Å². The summed E-state index contributed by atoms with van der Waals surface area (Å²) in [5.74, 6) is 0. The fraction of sp³-hybridized carbons (Fsp3) is 0.400. The van der Waals surface area contributed by atoms with Crippen LogP contribution in [-0.4, -0.2) is 27.5 Å². The van der Waals surface area contributed by atoms with E-state index in [2.05, 4.69) is 17.3 Å². The molecule has 1 heterocycles. The van der Waals surface area contributed by atoms with E-state index in [-0.39, 0.29) is 0 Å². The van der Waals surface area contributed by atoms with Crippen molar-refractivity contribution in [3.05, 3.63) is 53.3 Å². The minimum Gasteiger partial charge on any atom is -0.387 e. The predicted molar refractivity (Wildman–Crippen MR) is 80.7 cm³/mol. The lowest BCUT2D eigenvalue weighted by molar-refractivity contribution is 0.169. The number of aliphatic hydroxyl groups is 1. The molecule has 0 aliphatic heterocycles. The van der Waals surface area contributed by atoms with Gasteiger partial charge in [-0.05, 0) is 25.5 Å². The minimum atomic E-state index is -0.587. The van der Waals surface area contributed by atoms with Crippen LogP contribution in [0.5, 0.6) is 0 Å². The first-order valence-corrected chi connectivity index (χ1v) is 7.18. The second kappa shape index (κ2) is 7.43. The third-order valence-corrected chi connectivity index (χ3v) is 3.62. The van der Waals surface area contributed by atoms with E-state index in [1.54, 1.807) is 12.3 Å². The fourth-order valence-corrected chi connectivity index (χ4v) is 2.29. The summed E-state index contributed by atoms with van der Waals surface area (Å²) >= 11 is 6.06. The molecule has 0 bridgehead atoms. The van der Waals surface area contributed by atoms with E-state index in [0.29, 0.717) is 17.6 Å². The standard InChI is InChI=1S/C15H20ClN3O/c1-12(7-10-19-9-4-8-18-19)17-11-15(20)13-5-2-3-6-14(13)16/h2-6,8-9,12,15,17,20H,7,10-11H2,1H3. The summed E-state index contributed by atoms with van der Waals surface area (Å²) in [6.45, 7) is 3.45. The third-order valence-electron chi connectivity index (χ3n) is 3.27. The molecule has 0 aliphatic rings. The maximum absolute atomic E-state index is 10.1. The molecule has 1 aromatic carbocycles. The lowest BCUT2D eigenvalue weighted by Crippen LogP contribution is -2.31. The van der Waals surface area contributed by atoms with Crippen molar-refractivity contribution in [1.29, 1.82) is 0 Å². The van der Waals surface area contributed by atoms with E-state index in [1.165, 1.54) is 0 Å². The molecule has 0 radical (unpaired) electrons. The van der Waals surface area contributed by atoms with Crippen molar-refractivity contribution in [3.8, 4) is 0 Å². The Labute approximate surface area is 124 Å². The number of aromatic nitrogens is 2. The van der Waals surface area contributed by atoms with Crippen molar-refractivity contribution in [2.45, 2.75) is 32.0 Å². The van der Waals surface area contributed by atoms with Crippen molar-refractivity contribution in [1.82, 2.24) is 15.1 Å². The van der Waals surface area contributed by atoms with Crippen molar-refractivity contribution in [2.24, 2.45) is 0 Å². The summed E-state index contributed by atoms with van der Waals surface area (Å²) in [7, 11) is 0. The molecule has 0 saturated carbocycles. The molecule has 2 rings (SSSR count). The zero-order valence-corrected chi connectivity index (χ0v) is 12.3. The molecule has 0 spiro atoms. The van der Waals surface area contributed by atoms with Gasteiger partial charge >= 0.3 is 0 Å². The zero-order valence-electron chi connectivity index (χ0n) is 11.5. The van der Waals surface area contributed by atoms with Crippen molar-refractivity contribution < 1.29 is 5.11 Å². The van der Waals surface area contributed by atoms with Gasteiger partial charge in [-0.25, -0.2) is 0 Å². The molecule has 2 N–H and O–H groups in total. The Bertz CT molecular complexity index is 516. The first-order chi connectivity index (χ1) is 9.66. The van der Waals surface area contributed by atoms with Crippen molar-refractivity contribution >= 4 is 11.6 Å². The largest absolute Gasteiger partial charge is 0.387 e. The third kappa shape index (κ3) is 4.34. The lowest BCUT2D eigenvalue weighted by atomic mass is 10.1. The van der Waals surface area contributed by atoms with Crippen LogP contribution in [0.1, 0.15) is 25.0 Å². The van der Waals surface area contributed by atoms with Crippen LogP contribution in [0.2, 0.25) is 5.02 Å². The van der Waals surface area contributed by atoms with Gasteiger partial charge in [0.25, 0.3) is 0 Å². The minimum absolute atomic E-state index is 0.302. The molecule has 0 fully saturated rings. The Morgan fingerprint density at radius 3 is 2.85 bits per heavy atom. The highest BCUT2D eigenvalue weighted by Gasteiger charge is 2.12. The smallest absolute Gasteiger partial charge is 0.0928 e. The Morgan fingerprint density at radius 1 is 1.35 bits per heavy atom. The number of halogens is 1. The van der Waals surface area contributed by atoms with Gasteiger partial charge in [0, 0.05) is 42.1 Å². The molecule has 1 aromatic heterocycles. The first kappa shape index (κ1) is 15.0. The molecule has 0 amide bonds. The van der Waals surface area contributed by atoms with Gasteiger partial charge in [-0.15, -0.1) is 0 Å². The zero-order chi connectivity index (χ0) is 14.4. The average molecular weight is 294 g/mol. The van der Waals surface area contributed by atoms with Crippen molar-refractivity contribution in [3.63, 3.8) is 0 Å². The van der Waals surface area contributed by atoms with Gasteiger partial charge in [-0.2, -0.15) is 5.10 Å². The summed E-state index contributed by atoms with van der Waals surface area (Å²) in [5.41, 5.74) is 0.765. The van der Waals surface area contributed by atoms with Crippen LogP contribution < -0.4 is 5.32 Å². The molecular formula is C15H20ClN3O. The van der Waals surface area contributed by atoms with E-state index in [1.807, 2.05) is 35.1 Å². The number of aliphatic hydroxyl groups excluding tert-OH is 1. The molecule has 2 aromatic rings. The lowest BCUT2D eigenvalue weighted by Gasteiger charge is -2.18. The van der Waals surface area contributed by atoms with Crippen LogP contribution in [-0.2, 0) is 6.54 Å². The normalized spacial score (nSPS) is 14.2. The second-order valence-corrected chi connectivity index (χ2v) is 5.31. The summed E-state index contributed by atoms with van der Waals surface area (Å²) in [6, 6.07) is 9.60. The van der Waals surface area contributed by atoms with Crippen LogP contribution in [0.15, 0.2) is 42.7 Å². The SMILES string of the molecule is CC(CCn1cccn1)NCC(O)c1ccccc1Cl. The molecule has 108 valence electrons. The van der Waals surface area contributed by atoms with Crippen LogP contribution in [0.3, 0.4) is 0 Å². The van der Waals surface area contributed by atoms with E-state index < -0.39 is 6.10 Å². The predicted octanol–water partition coefficient (Wildman–Crippen LogP) is 2.64. The molecule has 0 saturated heterocycles. The highest BCUT2D eigenvalue weighted by Crippen LogP contribution is 2.21. The Morgan fingerprint density at radius 2 is 2.15 bits per heavy atom. The monoisotopic (exact) mass is 293 g/mol. The number of nitrogens with one attached hydrogen (secondary N) is 1. The number of rotatable bonds is 7. The fourth-order valence-electron chi connectivity index (χ4n) is 2.03. The molecule has 2 atom stereocenters. The molecular weight excluding hydrogens is 274 g/mol. The Kier molecular flexibility index (Phi) is 5.59. The number of hydrogen-bond acceptors (Lipinski definition) is 3. The first-order valence-electron chi connectivity index (χ1n) is 6.80. The maximum Gasteiger partial charge on any atom is 0.0928 e. The van der Waals surface area contributed by atoms with Crippen LogP contribution in [0.4, 0.5) is 0 Å². The number of aryl methyl sites for hydroxylation is 1. The molecule has 2 unspecified atom stereocenters. The molecule has 20 heavy (non-hydrogen) atoms. The topological polar surface area (TPSA) is 50.1 Å². The van der Waals surface area contributed by atoms with Gasteiger partial charge in [0.15, 0.2) is 0 Å². The maximum atomic E-state index is 10.1. The summed E-state index contributed by atoms with van der Waals surface area (Å²) in [6.07, 6.45) is 4.09. The van der Waals surface area contributed by atoms with E-state index in [9.17, 15) is 5.11 Å². The van der Waals surface area contributed by atoms with E-state index in [0.717, 1.165) is 18.5 Å². The van der Waals surface area contributed by atoms with Gasteiger partial charge in [0.1, 0.15) is 0 Å². The summed E-state index contributed by atoms with van der Waals surface area (Å²) in [5, 5.41) is 18.2. The molecule has 5 heteroatoms. The number of benzene rings is 1. The Balaban J connectivity index is 1.75. The molecule has 4 nitrogen and oxygen atoms in total. The van der Waals surface area contributed by atoms with E-state index >= 15 is 0 Å². The van der Waals surface area contributed by atoms with Gasteiger partial charge in [0.05, 0.1) is 6.10 Å².